The van der Waals surface area contributed by atoms with Gasteiger partial charge in [-0.25, -0.2) is 0 Å². The van der Waals surface area contributed by atoms with E-state index in [-0.39, 0.29) is 29.9 Å². The van der Waals surface area contributed by atoms with Crippen LogP contribution in [-0.2, 0) is 16.1 Å². The summed E-state index contributed by atoms with van der Waals surface area (Å²) < 4.78 is 11.7. The number of hydrogen-bond donors (Lipinski definition) is 1. The Balaban J connectivity index is 1.14. The third-order valence-electron chi connectivity index (χ3n) is 8.56. The highest BCUT2D eigenvalue weighted by atomic mass is 35.5. The summed E-state index contributed by atoms with van der Waals surface area (Å²) in [5.74, 6) is 1.04. The van der Waals surface area contributed by atoms with Crippen molar-refractivity contribution >= 4 is 52.2 Å². The Morgan fingerprint density at radius 1 is 0.956 bits per heavy atom. The monoisotopic (exact) mass is 667 g/mol. The van der Waals surface area contributed by atoms with Crippen molar-refractivity contribution in [2.24, 2.45) is 0 Å². The largest absolute Gasteiger partial charge is 0.490 e. The fraction of sp³-hybridized carbons (Fsp3) is 0.371. The quantitative estimate of drug-likeness (QED) is 0.237. The van der Waals surface area contributed by atoms with Gasteiger partial charge in [0.2, 0.25) is 11.8 Å². The first-order valence-corrected chi connectivity index (χ1v) is 16.4. The summed E-state index contributed by atoms with van der Waals surface area (Å²) in [7, 11) is 0. The first-order valence-electron chi connectivity index (χ1n) is 15.3. The molecule has 2 aliphatic heterocycles. The molecule has 2 heterocycles. The van der Waals surface area contributed by atoms with Crippen molar-refractivity contribution in [3.8, 4) is 11.5 Å². The normalized spacial score (nSPS) is 20.8. The number of carbonyl (C=O) groups is 2. The third kappa shape index (κ3) is 7.28. The molecule has 2 bridgehead atoms. The molecule has 10 heteroatoms. The number of nitrogens with zero attached hydrogens (tertiary/aromatic N) is 2. The molecular weight excluding hydrogens is 633 g/mol. The molecular formula is C35H36Cl3N3O4. The minimum atomic E-state index is -0.629. The maximum atomic E-state index is 14.2. The van der Waals surface area contributed by atoms with E-state index in [4.69, 9.17) is 44.3 Å². The van der Waals surface area contributed by atoms with Crippen molar-refractivity contribution in [1.29, 1.82) is 0 Å². The summed E-state index contributed by atoms with van der Waals surface area (Å²) in [4.78, 5) is 30.8. The second kappa shape index (κ2) is 13.6. The molecule has 2 fully saturated rings. The van der Waals surface area contributed by atoms with E-state index in [9.17, 15) is 9.59 Å². The number of fused-ring (bicyclic) bond motifs is 2. The lowest BCUT2D eigenvalue weighted by Gasteiger charge is -2.47. The number of piperazine rings is 1. The highest BCUT2D eigenvalue weighted by Crippen LogP contribution is 2.36. The van der Waals surface area contributed by atoms with Gasteiger partial charge in [0.1, 0.15) is 25.0 Å². The number of ether oxygens (including phenoxy) is 2. The molecule has 45 heavy (non-hydrogen) atoms. The van der Waals surface area contributed by atoms with Crippen LogP contribution in [-0.4, -0.2) is 65.5 Å². The number of amides is 2. The van der Waals surface area contributed by atoms with E-state index < -0.39 is 6.04 Å². The van der Waals surface area contributed by atoms with E-state index in [1.165, 1.54) is 0 Å². The van der Waals surface area contributed by atoms with Crippen molar-refractivity contribution in [1.82, 2.24) is 15.1 Å². The third-order valence-corrected chi connectivity index (χ3v) is 9.49. The minimum absolute atomic E-state index is 0.0414. The Morgan fingerprint density at radius 2 is 1.64 bits per heavy atom. The second-order valence-electron chi connectivity index (χ2n) is 12.0. The number of hydrogen-bond acceptors (Lipinski definition) is 5. The van der Waals surface area contributed by atoms with Gasteiger partial charge in [-0.05, 0) is 78.8 Å². The average molecular weight is 669 g/mol. The lowest BCUT2D eigenvalue weighted by Crippen LogP contribution is -2.68. The van der Waals surface area contributed by atoms with Crippen LogP contribution < -0.4 is 14.8 Å². The van der Waals surface area contributed by atoms with E-state index in [0.29, 0.717) is 52.9 Å². The van der Waals surface area contributed by atoms with Gasteiger partial charge in [0.05, 0.1) is 16.1 Å². The Labute approximate surface area is 279 Å². The predicted octanol–water partition coefficient (Wildman–Crippen LogP) is 6.95. The molecule has 1 unspecified atom stereocenters. The van der Waals surface area contributed by atoms with E-state index in [2.05, 4.69) is 11.4 Å². The van der Waals surface area contributed by atoms with Gasteiger partial charge in [-0.1, -0.05) is 71.2 Å². The smallest absolute Gasteiger partial charge is 0.247 e. The molecule has 1 aliphatic carbocycles. The van der Waals surface area contributed by atoms with Crippen LogP contribution in [0.4, 0.5) is 0 Å². The fourth-order valence-corrected chi connectivity index (χ4v) is 7.15. The summed E-state index contributed by atoms with van der Waals surface area (Å²) in [6, 6.07) is 18.5. The molecule has 3 atom stereocenters. The van der Waals surface area contributed by atoms with E-state index >= 15 is 0 Å². The molecule has 0 aromatic heterocycles. The first-order chi connectivity index (χ1) is 21.7. The van der Waals surface area contributed by atoms with Gasteiger partial charge in [0, 0.05) is 37.1 Å². The molecule has 0 radical (unpaired) electrons. The summed E-state index contributed by atoms with van der Waals surface area (Å²) in [6.07, 6.45) is 4.78. The standard InChI is InChI=1S/C35H36Cl3N3O4/c1-21-15-30(37)34(31(38)16-21)45-14-13-44-28-11-7-23(8-12-28)25-17-26-20-40(22(2)42)33(32(18-25)39-26)35(43)41(27-9-10-27)19-24-5-3-4-6-29(24)36/h3-8,11-12,15-16,18,26-27,32-33,39H,9-10,13-14,17,19-20H2,1-2H3/t26-,32+,33?/m1/s1. The Kier molecular flexibility index (Phi) is 9.62. The number of halogens is 3. The van der Waals surface area contributed by atoms with Crippen LogP contribution in [0.3, 0.4) is 0 Å². The van der Waals surface area contributed by atoms with Crippen LogP contribution in [0.5, 0.6) is 11.5 Å². The van der Waals surface area contributed by atoms with Crippen molar-refractivity contribution in [3.05, 3.63) is 98.5 Å². The van der Waals surface area contributed by atoms with Crippen LogP contribution >= 0.6 is 34.8 Å². The summed E-state index contributed by atoms with van der Waals surface area (Å²) in [5.41, 5.74) is 4.08. The fourth-order valence-electron chi connectivity index (χ4n) is 6.25. The SMILES string of the molecule is CC(=O)N1C[C@H]2CC(c3ccc(OCCOc4c(Cl)cc(C)cc4Cl)cc3)=C[C@H](N2)C1C(=O)N(Cc1ccccc1Cl)C1CC1. The lowest BCUT2D eigenvalue weighted by atomic mass is 9.85. The molecule has 7 nitrogen and oxygen atoms in total. The molecule has 6 rings (SSSR count). The van der Waals surface area contributed by atoms with Crippen LogP contribution in [0, 0.1) is 6.92 Å². The first kappa shape index (κ1) is 31.7. The van der Waals surface area contributed by atoms with Gasteiger partial charge >= 0.3 is 0 Å². The number of nitrogens with one attached hydrogen (secondary N) is 1. The van der Waals surface area contributed by atoms with Crippen LogP contribution in [0.15, 0.2) is 66.7 Å². The van der Waals surface area contributed by atoms with Gasteiger partial charge in [-0.3, -0.25) is 9.59 Å². The second-order valence-corrected chi connectivity index (χ2v) is 13.2. The highest BCUT2D eigenvalue weighted by Gasteiger charge is 2.46. The lowest BCUT2D eigenvalue weighted by molar-refractivity contribution is -0.149. The molecule has 236 valence electrons. The van der Waals surface area contributed by atoms with Crippen molar-refractivity contribution < 1.29 is 19.1 Å². The van der Waals surface area contributed by atoms with Gasteiger partial charge in [0.25, 0.3) is 0 Å². The van der Waals surface area contributed by atoms with Crippen LogP contribution in [0.1, 0.15) is 42.9 Å². The van der Waals surface area contributed by atoms with Crippen molar-refractivity contribution in [2.45, 2.75) is 63.8 Å². The maximum Gasteiger partial charge on any atom is 0.247 e. The zero-order valence-electron chi connectivity index (χ0n) is 25.3. The molecule has 1 saturated heterocycles. The molecule has 1 N–H and O–H groups in total. The van der Waals surface area contributed by atoms with E-state index in [0.717, 1.165) is 41.5 Å². The molecule has 3 aliphatic rings. The molecule has 2 amide bonds. The van der Waals surface area contributed by atoms with Gasteiger partial charge in [-0.15, -0.1) is 0 Å². The Hall–Kier alpha value is -3.23. The van der Waals surface area contributed by atoms with Crippen molar-refractivity contribution in [2.75, 3.05) is 19.8 Å². The van der Waals surface area contributed by atoms with E-state index in [1.54, 1.807) is 11.8 Å². The average Bonchev–Trinajstić information content (AvgIpc) is 3.85. The zero-order chi connectivity index (χ0) is 31.7. The predicted molar refractivity (Wildman–Crippen MR) is 178 cm³/mol. The zero-order valence-corrected chi connectivity index (χ0v) is 27.5. The molecule has 3 aromatic carbocycles. The summed E-state index contributed by atoms with van der Waals surface area (Å²) in [6.45, 7) is 4.99. The molecule has 1 saturated carbocycles. The molecule has 3 aromatic rings. The Bertz CT molecular complexity index is 1580. The van der Waals surface area contributed by atoms with Crippen LogP contribution in [0.25, 0.3) is 5.57 Å². The summed E-state index contributed by atoms with van der Waals surface area (Å²) >= 11 is 19.0. The topological polar surface area (TPSA) is 71.1 Å². The number of carbonyl (C=O) groups excluding carboxylic acids is 2. The van der Waals surface area contributed by atoms with Crippen molar-refractivity contribution in [3.63, 3.8) is 0 Å². The Morgan fingerprint density at radius 3 is 2.31 bits per heavy atom. The number of aryl methyl sites for hydroxylation is 1. The number of rotatable bonds is 10. The highest BCUT2D eigenvalue weighted by molar-refractivity contribution is 6.37. The van der Waals surface area contributed by atoms with Crippen LogP contribution in [0.2, 0.25) is 15.1 Å². The van der Waals surface area contributed by atoms with Gasteiger partial charge in [0.15, 0.2) is 5.75 Å². The summed E-state index contributed by atoms with van der Waals surface area (Å²) in [5, 5.41) is 5.21. The minimum Gasteiger partial charge on any atom is -0.490 e. The maximum absolute atomic E-state index is 14.2. The van der Waals surface area contributed by atoms with E-state index in [1.807, 2.05) is 72.5 Å². The van der Waals surface area contributed by atoms with Gasteiger partial charge in [-0.2, -0.15) is 0 Å². The number of benzene rings is 3. The molecule has 0 spiro atoms. The van der Waals surface area contributed by atoms with Gasteiger partial charge < -0.3 is 24.6 Å².